The highest BCUT2D eigenvalue weighted by Crippen LogP contribution is 2.14. The molecule has 0 amide bonds. The molecule has 1 aliphatic rings. The molecule has 5 nitrogen and oxygen atoms in total. The number of ether oxygens (including phenoxy) is 3. The zero-order valence-electron chi connectivity index (χ0n) is 9.54. The van der Waals surface area contributed by atoms with Crippen LogP contribution in [0.2, 0.25) is 0 Å². The molecular weight excluding hydrogens is 220 g/mol. The van der Waals surface area contributed by atoms with Crippen molar-refractivity contribution in [3.05, 3.63) is 29.8 Å². The van der Waals surface area contributed by atoms with E-state index >= 15 is 0 Å². The van der Waals surface area contributed by atoms with E-state index in [1.54, 1.807) is 6.21 Å². The highest BCUT2D eigenvalue weighted by atomic mass is 16.7. The zero-order valence-corrected chi connectivity index (χ0v) is 9.54. The Labute approximate surface area is 100 Å². The molecule has 0 aromatic heterocycles. The van der Waals surface area contributed by atoms with Crippen LogP contribution in [0.3, 0.4) is 0 Å². The average Bonchev–Trinajstić information content (AvgIpc) is 2.83. The molecule has 1 aromatic rings. The van der Waals surface area contributed by atoms with E-state index in [0.717, 1.165) is 17.7 Å². The second-order valence-corrected chi connectivity index (χ2v) is 3.66. The van der Waals surface area contributed by atoms with Crippen molar-refractivity contribution in [3.8, 4) is 5.75 Å². The van der Waals surface area contributed by atoms with Gasteiger partial charge in [0.2, 0.25) is 0 Å². The molecule has 1 aromatic carbocycles. The lowest BCUT2D eigenvalue weighted by atomic mass is 10.2. The second kappa shape index (κ2) is 6.22. The van der Waals surface area contributed by atoms with Gasteiger partial charge in [0.25, 0.3) is 0 Å². The van der Waals surface area contributed by atoms with E-state index < -0.39 is 0 Å². The Morgan fingerprint density at radius 3 is 3.00 bits per heavy atom. The molecule has 0 aliphatic carbocycles. The molecule has 0 spiro atoms. The third-order valence-corrected chi connectivity index (χ3v) is 2.39. The van der Waals surface area contributed by atoms with Crippen molar-refractivity contribution in [3.63, 3.8) is 0 Å². The highest BCUT2D eigenvalue weighted by molar-refractivity contribution is 5.79. The predicted molar refractivity (Wildman–Crippen MR) is 64.0 cm³/mol. The Morgan fingerprint density at radius 2 is 2.24 bits per heavy atom. The first-order chi connectivity index (χ1) is 8.38. The second-order valence-electron chi connectivity index (χ2n) is 3.66. The van der Waals surface area contributed by atoms with Crippen molar-refractivity contribution in [1.29, 1.82) is 0 Å². The van der Waals surface area contributed by atoms with Gasteiger partial charge < -0.3 is 20.1 Å². The van der Waals surface area contributed by atoms with Crippen molar-refractivity contribution in [2.24, 2.45) is 10.9 Å². The molecular formula is C12H16N2O3. The van der Waals surface area contributed by atoms with Crippen molar-refractivity contribution < 1.29 is 14.2 Å². The van der Waals surface area contributed by atoms with Gasteiger partial charge in [0, 0.05) is 6.42 Å². The molecule has 0 unspecified atom stereocenters. The first-order valence-corrected chi connectivity index (χ1v) is 5.58. The van der Waals surface area contributed by atoms with Crippen LogP contribution in [-0.2, 0) is 9.47 Å². The largest absolute Gasteiger partial charge is 0.493 e. The number of benzene rings is 1. The van der Waals surface area contributed by atoms with E-state index in [2.05, 4.69) is 5.10 Å². The van der Waals surface area contributed by atoms with Crippen LogP contribution in [0.4, 0.5) is 0 Å². The van der Waals surface area contributed by atoms with Crippen LogP contribution in [0, 0.1) is 0 Å². The molecule has 1 saturated heterocycles. The van der Waals surface area contributed by atoms with Gasteiger partial charge in [-0.15, -0.1) is 0 Å². The predicted octanol–water partition coefficient (Wildman–Crippen LogP) is 1.12. The summed E-state index contributed by atoms with van der Waals surface area (Å²) < 4.78 is 16.2. The summed E-state index contributed by atoms with van der Waals surface area (Å²) in [5.74, 6) is 5.88. The fourth-order valence-corrected chi connectivity index (χ4v) is 1.62. The quantitative estimate of drug-likeness (QED) is 0.472. The maximum absolute atomic E-state index is 5.59. The van der Waals surface area contributed by atoms with E-state index in [1.165, 1.54) is 0 Å². The molecule has 2 N–H and O–H groups in total. The van der Waals surface area contributed by atoms with Gasteiger partial charge in [-0.2, -0.15) is 5.10 Å². The van der Waals surface area contributed by atoms with Crippen LogP contribution in [0.5, 0.6) is 5.75 Å². The fourth-order valence-electron chi connectivity index (χ4n) is 1.62. The minimum Gasteiger partial charge on any atom is -0.493 e. The van der Waals surface area contributed by atoms with E-state index in [-0.39, 0.29) is 6.29 Å². The molecule has 1 aliphatic heterocycles. The first kappa shape index (κ1) is 11.9. The van der Waals surface area contributed by atoms with E-state index in [9.17, 15) is 0 Å². The van der Waals surface area contributed by atoms with Crippen molar-refractivity contribution >= 4 is 6.21 Å². The maximum Gasteiger partial charge on any atom is 0.161 e. The third-order valence-electron chi connectivity index (χ3n) is 2.39. The highest BCUT2D eigenvalue weighted by Gasteiger charge is 2.15. The standard InChI is InChI=1S/C12H16N2O3/c13-14-9-10-2-1-3-11(8-10)15-5-4-12-16-6-7-17-12/h1-3,8-9,12H,4-7,13H2. The van der Waals surface area contributed by atoms with Crippen LogP contribution in [-0.4, -0.2) is 32.3 Å². The normalized spacial score (nSPS) is 16.7. The van der Waals surface area contributed by atoms with Gasteiger partial charge in [-0.25, -0.2) is 0 Å². The summed E-state index contributed by atoms with van der Waals surface area (Å²) >= 11 is 0. The Hall–Kier alpha value is -1.59. The topological polar surface area (TPSA) is 66.1 Å². The van der Waals surface area contributed by atoms with Crippen LogP contribution >= 0.6 is 0 Å². The lowest BCUT2D eigenvalue weighted by Crippen LogP contribution is -2.12. The molecule has 1 heterocycles. The van der Waals surface area contributed by atoms with Gasteiger partial charge in [0.1, 0.15) is 5.75 Å². The van der Waals surface area contributed by atoms with Gasteiger partial charge >= 0.3 is 0 Å². The van der Waals surface area contributed by atoms with Crippen LogP contribution in [0.15, 0.2) is 29.4 Å². The Balaban J connectivity index is 1.79. The SMILES string of the molecule is NN=Cc1cccc(OCCC2OCCO2)c1. The number of hydrogen-bond acceptors (Lipinski definition) is 5. The Bertz CT molecular complexity index is 376. The van der Waals surface area contributed by atoms with Crippen molar-refractivity contribution in [1.82, 2.24) is 0 Å². The van der Waals surface area contributed by atoms with Crippen molar-refractivity contribution in [2.45, 2.75) is 12.7 Å². The Kier molecular flexibility index (Phi) is 4.35. The van der Waals surface area contributed by atoms with E-state index in [0.29, 0.717) is 19.8 Å². The zero-order chi connectivity index (χ0) is 11.9. The molecule has 92 valence electrons. The minimum atomic E-state index is -0.121. The number of rotatable bonds is 5. The summed E-state index contributed by atoms with van der Waals surface area (Å²) in [7, 11) is 0. The van der Waals surface area contributed by atoms with Gasteiger partial charge in [-0.1, -0.05) is 12.1 Å². The van der Waals surface area contributed by atoms with Crippen LogP contribution in [0.1, 0.15) is 12.0 Å². The molecule has 2 rings (SSSR count). The smallest absolute Gasteiger partial charge is 0.161 e. The summed E-state index contributed by atoms with van der Waals surface area (Å²) in [4.78, 5) is 0. The first-order valence-electron chi connectivity index (χ1n) is 5.58. The summed E-state index contributed by atoms with van der Waals surface area (Å²) in [6.45, 7) is 1.91. The fraction of sp³-hybridized carbons (Fsp3) is 0.417. The average molecular weight is 236 g/mol. The maximum atomic E-state index is 5.59. The molecule has 0 bridgehead atoms. The van der Waals surface area contributed by atoms with Gasteiger partial charge in [0.05, 0.1) is 26.0 Å². The van der Waals surface area contributed by atoms with E-state index in [1.807, 2.05) is 24.3 Å². The van der Waals surface area contributed by atoms with E-state index in [4.69, 9.17) is 20.1 Å². The van der Waals surface area contributed by atoms with Crippen LogP contribution in [0.25, 0.3) is 0 Å². The third kappa shape index (κ3) is 3.72. The molecule has 0 radical (unpaired) electrons. The lowest BCUT2D eigenvalue weighted by Gasteiger charge is -2.10. The summed E-state index contributed by atoms with van der Waals surface area (Å²) in [6.07, 6.45) is 2.19. The molecule has 0 saturated carbocycles. The minimum absolute atomic E-state index is 0.121. The van der Waals surface area contributed by atoms with Gasteiger partial charge in [-0.3, -0.25) is 0 Å². The number of nitrogens with two attached hydrogens (primary N) is 1. The molecule has 17 heavy (non-hydrogen) atoms. The lowest BCUT2D eigenvalue weighted by molar-refractivity contribution is -0.0531. The summed E-state index contributed by atoms with van der Waals surface area (Å²) in [5, 5.41) is 3.47. The van der Waals surface area contributed by atoms with Gasteiger partial charge in [-0.05, 0) is 17.7 Å². The monoisotopic (exact) mass is 236 g/mol. The Morgan fingerprint density at radius 1 is 1.41 bits per heavy atom. The van der Waals surface area contributed by atoms with Crippen molar-refractivity contribution in [2.75, 3.05) is 19.8 Å². The summed E-state index contributed by atoms with van der Waals surface area (Å²) in [5.41, 5.74) is 0.915. The number of hydrogen-bond donors (Lipinski definition) is 1. The van der Waals surface area contributed by atoms with Gasteiger partial charge in [0.15, 0.2) is 6.29 Å². The summed E-state index contributed by atoms with van der Waals surface area (Å²) in [6, 6.07) is 7.58. The molecule has 0 atom stereocenters. The molecule has 5 heteroatoms. The number of hydrazone groups is 1. The molecule has 1 fully saturated rings. The number of nitrogens with zero attached hydrogens (tertiary/aromatic N) is 1. The van der Waals surface area contributed by atoms with Crippen LogP contribution < -0.4 is 10.6 Å².